The molecule has 27 heavy (non-hydrogen) atoms. The molecular weight excluding hydrogens is 462 g/mol. The van der Waals surface area contributed by atoms with Crippen LogP contribution in [0.25, 0.3) is 10.9 Å². The Hall–Kier alpha value is -1.58. The zero-order valence-electron chi connectivity index (χ0n) is 15.8. The lowest BCUT2D eigenvalue weighted by Crippen LogP contribution is -2.49. The summed E-state index contributed by atoms with van der Waals surface area (Å²) in [5, 5.41) is 0.870. The Morgan fingerprint density at radius 2 is 2.15 bits per heavy atom. The molecule has 2 aromatic rings. The maximum atomic E-state index is 15.4. The highest BCUT2D eigenvalue weighted by Crippen LogP contribution is 2.31. The number of halogens is 2. The van der Waals surface area contributed by atoms with E-state index >= 15 is 4.39 Å². The van der Waals surface area contributed by atoms with E-state index in [1.807, 2.05) is 20.8 Å². The van der Waals surface area contributed by atoms with Crippen molar-refractivity contribution >= 4 is 39.6 Å². The van der Waals surface area contributed by atoms with E-state index in [0.717, 1.165) is 14.5 Å². The second-order valence-corrected chi connectivity index (χ2v) is 9.16. The molecule has 0 radical (unpaired) electrons. The van der Waals surface area contributed by atoms with Gasteiger partial charge in [-0.1, -0.05) is 0 Å². The largest absolute Gasteiger partial charge is 0.444 e. The van der Waals surface area contributed by atoms with E-state index in [9.17, 15) is 4.79 Å². The molecule has 1 aliphatic heterocycles. The number of nitrogens with zero attached hydrogens (tertiary/aromatic N) is 4. The third kappa shape index (κ3) is 5.24. The lowest BCUT2D eigenvalue weighted by atomic mass is 9.90. The molecule has 1 amide bonds. The maximum Gasteiger partial charge on any atom is 0.410 e. The van der Waals surface area contributed by atoms with Gasteiger partial charge in [-0.15, -0.1) is 0 Å². The van der Waals surface area contributed by atoms with Crippen LogP contribution in [0.15, 0.2) is 18.6 Å². The van der Waals surface area contributed by atoms with Gasteiger partial charge in [0.05, 0.1) is 15.6 Å². The molecule has 6 nitrogen and oxygen atoms in total. The van der Waals surface area contributed by atoms with Crippen LogP contribution in [0.4, 0.5) is 9.18 Å². The van der Waals surface area contributed by atoms with Crippen molar-refractivity contribution < 1.29 is 13.9 Å². The fraction of sp³-hybridized carbons (Fsp3) is 0.579. The number of amides is 1. The number of rotatable bonds is 3. The van der Waals surface area contributed by atoms with Gasteiger partial charge >= 0.3 is 6.09 Å². The van der Waals surface area contributed by atoms with Crippen molar-refractivity contribution in [2.45, 2.75) is 57.7 Å². The summed E-state index contributed by atoms with van der Waals surface area (Å²) in [7, 11) is 0. The molecule has 0 aromatic carbocycles. The number of alkyl halides is 1. The molecule has 1 aliphatic rings. The Morgan fingerprint density at radius 1 is 1.37 bits per heavy atom. The smallest absolute Gasteiger partial charge is 0.410 e. The number of carbonyl (C=O) groups excluding carboxylic acids is 1. The zero-order valence-corrected chi connectivity index (χ0v) is 18.0. The van der Waals surface area contributed by atoms with Gasteiger partial charge in [0.15, 0.2) is 0 Å². The van der Waals surface area contributed by atoms with Crippen molar-refractivity contribution in [3.8, 4) is 0 Å². The molecule has 3 heterocycles. The van der Waals surface area contributed by atoms with Gasteiger partial charge in [0.2, 0.25) is 0 Å². The number of carbonyl (C=O) groups is 1. The van der Waals surface area contributed by atoms with Crippen molar-refractivity contribution in [1.29, 1.82) is 0 Å². The summed E-state index contributed by atoms with van der Waals surface area (Å²) in [5.74, 6) is 0.609. The lowest BCUT2D eigenvalue weighted by molar-refractivity contribution is -0.00756. The van der Waals surface area contributed by atoms with Gasteiger partial charge in [0.25, 0.3) is 0 Å². The van der Waals surface area contributed by atoms with Crippen LogP contribution < -0.4 is 0 Å². The van der Waals surface area contributed by atoms with Gasteiger partial charge < -0.3 is 9.64 Å². The van der Waals surface area contributed by atoms with Gasteiger partial charge in [-0.05, 0) is 62.6 Å². The number of hydrogen-bond acceptors (Lipinski definition) is 5. The number of fused-ring (bicyclic) bond motifs is 1. The van der Waals surface area contributed by atoms with Crippen LogP contribution in [0.5, 0.6) is 0 Å². The fourth-order valence-electron chi connectivity index (χ4n) is 3.19. The third-order valence-electron chi connectivity index (χ3n) is 4.47. The highest BCUT2D eigenvalue weighted by molar-refractivity contribution is 14.1. The fourth-order valence-corrected chi connectivity index (χ4v) is 3.78. The Balaban J connectivity index is 1.66. The molecule has 0 N–H and O–H groups in total. The molecule has 8 heteroatoms. The molecule has 3 rings (SSSR count). The Labute approximate surface area is 172 Å². The second-order valence-electron chi connectivity index (χ2n) is 8.00. The topological polar surface area (TPSA) is 68.2 Å². The highest BCUT2D eigenvalue weighted by Gasteiger charge is 2.38. The predicted octanol–water partition coefficient (Wildman–Crippen LogP) is 4.30. The van der Waals surface area contributed by atoms with Crippen molar-refractivity contribution in [3.63, 3.8) is 0 Å². The number of aromatic nitrogens is 3. The van der Waals surface area contributed by atoms with E-state index in [-0.39, 0.29) is 13.0 Å². The summed E-state index contributed by atoms with van der Waals surface area (Å²) in [6.07, 6.45) is 6.50. The molecule has 1 fully saturated rings. The predicted molar refractivity (Wildman–Crippen MR) is 109 cm³/mol. The number of piperidine rings is 1. The summed E-state index contributed by atoms with van der Waals surface area (Å²) in [4.78, 5) is 26.8. The Bertz CT molecular complexity index is 842. The number of pyridine rings is 1. The summed E-state index contributed by atoms with van der Waals surface area (Å²) in [6, 6.07) is 0. The highest BCUT2D eigenvalue weighted by atomic mass is 127. The number of likely N-dealkylation sites (tertiary alicyclic amines) is 1. The molecular formula is C19H24FIN4O2. The monoisotopic (exact) mass is 486 g/mol. The van der Waals surface area contributed by atoms with E-state index in [4.69, 9.17) is 4.74 Å². The SMILES string of the molecule is CC(C)(C)OC(=O)N1CCC[C@](F)(CCc2ncc3cncc(I)c3n2)C1. The van der Waals surface area contributed by atoms with Crippen LogP contribution in [0, 0.1) is 3.57 Å². The van der Waals surface area contributed by atoms with Crippen LogP contribution in [-0.2, 0) is 11.2 Å². The van der Waals surface area contributed by atoms with Crippen LogP contribution in [-0.4, -0.2) is 50.3 Å². The number of hydrogen-bond donors (Lipinski definition) is 0. The van der Waals surface area contributed by atoms with Crippen LogP contribution in [0.3, 0.4) is 0 Å². The average molecular weight is 486 g/mol. The Kier molecular flexibility index (Phi) is 5.83. The van der Waals surface area contributed by atoms with Crippen molar-refractivity contribution in [3.05, 3.63) is 28.0 Å². The average Bonchev–Trinajstić information content (AvgIpc) is 2.59. The van der Waals surface area contributed by atoms with Crippen LogP contribution >= 0.6 is 22.6 Å². The minimum absolute atomic E-state index is 0.0525. The number of ether oxygens (including phenoxy) is 1. The van der Waals surface area contributed by atoms with Gasteiger partial charge in [-0.3, -0.25) is 4.98 Å². The standard InChI is InChI=1S/C19H24FIN4O2/c1-18(2,3)27-17(26)25-8-4-6-19(20,12-25)7-5-15-23-10-13-9-22-11-14(21)16(13)24-15/h9-11H,4-8,12H2,1-3H3/t19-/m0/s1. The molecule has 0 aliphatic carbocycles. The number of aryl methyl sites for hydroxylation is 1. The quantitative estimate of drug-likeness (QED) is 0.606. The molecule has 0 unspecified atom stereocenters. The molecule has 0 spiro atoms. The van der Waals surface area contributed by atoms with Crippen LogP contribution in [0.2, 0.25) is 0 Å². The zero-order chi connectivity index (χ0) is 19.7. The second kappa shape index (κ2) is 7.81. The van der Waals surface area contributed by atoms with Crippen molar-refractivity contribution in [2.24, 2.45) is 0 Å². The van der Waals surface area contributed by atoms with Crippen molar-refractivity contribution in [1.82, 2.24) is 19.9 Å². The van der Waals surface area contributed by atoms with E-state index in [1.54, 1.807) is 18.6 Å². The maximum absolute atomic E-state index is 15.4. The van der Waals surface area contributed by atoms with Crippen LogP contribution in [0.1, 0.15) is 45.9 Å². The minimum atomic E-state index is -1.45. The molecule has 0 saturated carbocycles. The van der Waals surface area contributed by atoms with E-state index in [1.165, 1.54) is 4.90 Å². The van der Waals surface area contributed by atoms with Crippen molar-refractivity contribution in [2.75, 3.05) is 13.1 Å². The normalized spacial score (nSPS) is 20.7. The van der Waals surface area contributed by atoms with Gasteiger partial charge in [-0.25, -0.2) is 19.2 Å². The van der Waals surface area contributed by atoms with Gasteiger partial charge in [-0.2, -0.15) is 0 Å². The molecule has 146 valence electrons. The first kappa shape index (κ1) is 20.2. The summed E-state index contributed by atoms with van der Waals surface area (Å²) in [6.45, 7) is 6.01. The molecule has 2 aromatic heterocycles. The van der Waals surface area contributed by atoms with E-state index in [0.29, 0.717) is 31.6 Å². The van der Waals surface area contributed by atoms with E-state index < -0.39 is 17.4 Å². The third-order valence-corrected chi connectivity index (χ3v) is 5.26. The van der Waals surface area contributed by atoms with E-state index in [2.05, 4.69) is 37.5 Å². The van der Waals surface area contributed by atoms with Gasteiger partial charge in [0.1, 0.15) is 17.1 Å². The summed E-state index contributed by atoms with van der Waals surface area (Å²) >= 11 is 2.18. The first-order valence-electron chi connectivity index (χ1n) is 9.07. The Morgan fingerprint density at radius 3 is 2.89 bits per heavy atom. The lowest BCUT2D eigenvalue weighted by Gasteiger charge is -2.38. The molecule has 1 atom stereocenters. The summed E-state index contributed by atoms with van der Waals surface area (Å²) < 4.78 is 21.7. The molecule has 0 bridgehead atoms. The molecule has 1 saturated heterocycles. The summed E-state index contributed by atoms with van der Waals surface area (Å²) in [5.41, 5.74) is -1.19. The van der Waals surface area contributed by atoms with Gasteiger partial charge in [0, 0.05) is 36.9 Å². The first-order chi connectivity index (χ1) is 12.7. The first-order valence-corrected chi connectivity index (χ1v) is 10.2. The minimum Gasteiger partial charge on any atom is -0.444 e.